The number of hydrogen-bond acceptors (Lipinski definition) is 5. The number of halogens is 1. The van der Waals surface area contributed by atoms with E-state index in [0.717, 1.165) is 23.4 Å². The Kier molecular flexibility index (Phi) is 6.91. The minimum Gasteiger partial charge on any atom is -0.334 e. The van der Waals surface area contributed by atoms with Gasteiger partial charge >= 0.3 is 0 Å². The van der Waals surface area contributed by atoms with Gasteiger partial charge in [-0.25, -0.2) is 25.9 Å². The molecule has 11 heteroatoms. The van der Waals surface area contributed by atoms with Crippen molar-refractivity contribution in [3.63, 3.8) is 0 Å². The number of carbonyl (C=O) groups excluding carboxylic acids is 1. The average Bonchev–Trinajstić information content (AvgIpc) is 2.59. The molecule has 0 radical (unpaired) electrons. The van der Waals surface area contributed by atoms with Crippen LogP contribution in [0.3, 0.4) is 0 Å². The van der Waals surface area contributed by atoms with Crippen LogP contribution in [0.15, 0.2) is 23.1 Å². The molecule has 1 atom stereocenters. The number of likely N-dealkylation sites (tertiary alicyclic amines) is 1. The molecule has 0 spiro atoms. The number of nitrogens with one attached hydrogen (secondary N) is 1. The molecule has 1 N–H and O–H groups in total. The molecule has 0 bridgehead atoms. The Morgan fingerprint density at radius 3 is 2.52 bits per heavy atom. The highest BCUT2D eigenvalue weighted by atomic mass is 35.5. The number of nitrogens with zero attached hydrogens (tertiary/aromatic N) is 2. The van der Waals surface area contributed by atoms with Gasteiger partial charge in [-0.1, -0.05) is 11.6 Å². The second-order valence-corrected chi connectivity index (χ2v) is 11.1. The number of amides is 1. The lowest BCUT2D eigenvalue weighted by Crippen LogP contribution is -2.49. The first-order valence-electron chi connectivity index (χ1n) is 8.41. The van der Waals surface area contributed by atoms with Crippen molar-refractivity contribution >= 4 is 37.6 Å². The first-order chi connectivity index (χ1) is 12.4. The molecule has 27 heavy (non-hydrogen) atoms. The minimum atomic E-state index is -3.80. The molecule has 1 fully saturated rings. The monoisotopic (exact) mass is 437 g/mol. The molecular weight excluding hydrogens is 414 g/mol. The van der Waals surface area contributed by atoms with Crippen molar-refractivity contribution in [2.24, 2.45) is 0 Å². The third kappa shape index (κ3) is 5.41. The SMILES string of the molecule is CN(C)S(=O)(=O)c1cc(C(=O)N2CCCCC2CNS(C)(=O)=O)ccc1Cl. The fourth-order valence-electron chi connectivity index (χ4n) is 2.92. The molecule has 1 amide bonds. The lowest BCUT2D eigenvalue weighted by atomic mass is 10.0. The topological polar surface area (TPSA) is 104 Å². The van der Waals surface area contributed by atoms with Crippen molar-refractivity contribution < 1.29 is 21.6 Å². The number of carbonyl (C=O) groups is 1. The van der Waals surface area contributed by atoms with Crippen LogP contribution in [0.25, 0.3) is 0 Å². The van der Waals surface area contributed by atoms with Gasteiger partial charge < -0.3 is 4.90 Å². The standard InChI is InChI=1S/C16H24ClN3O5S2/c1-19(2)27(24,25)15-10-12(7-8-14(15)17)16(21)20-9-5-4-6-13(20)11-18-26(3,22)23/h7-8,10,13,18H,4-6,9,11H2,1-3H3. The van der Waals surface area contributed by atoms with Crippen LogP contribution in [0.2, 0.25) is 5.02 Å². The Bertz CT molecular complexity index is 916. The van der Waals surface area contributed by atoms with Crippen LogP contribution < -0.4 is 4.72 Å². The molecule has 2 rings (SSSR count). The van der Waals surface area contributed by atoms with Gasteiger partial charge in [0.25, 0.3) is 5.91 Å². The maximum Gasteiger partial charge on any atom is 0.254 e. The van der Waals surface area contributed by atoms with Gasteiger partial charge in [0.15, 0.2) is 0 Å². The summed E-state index contributed by atoms with van der Waals surface area (Å²) in [6.45, 7) is 0.606. The molecule has 1 unspecified atom stereocenters. The van der Waals surface area contributed by atoms with E-state index in [0.29, 0.717) is 13.0 Å². The molecule has 1 aliphatic heterocycles. The normalized spacial score (nSPS) is 18.7. The number of hydrogen-bond donors (Lipinski definition) is 1. The van der Waals surface area contributed by atoms with Crippen LogP contribution in [0.1, 0.15) is 29.6 Å². The predicted molar refractivity (Wildman–Crippen MR) is 104 cm³/mol. The summed E-state index contributed by atoms with van der Waals surface area (Å²) in [5, 5.41) is 0.0363. The molecule has 1 heterocycles. The summed E-state index contributed by atoms with van der Waals surface area (Å²) in [6, 6.07) is 3.86. The first-order valence-corrected chi connectivity index (χ1v) is 12.1. The molecule has 152 valence electrons. The quantitative estimate of drug-likeness (QED) is 0.718. The van der Waals surface area contributed by atoms with E-state index < -0.39 is 20.0 Å². The molecule has 0 saturated carbocycles. The van der Waals surface area contributed by atoms with E-state index in [4.69, 9.17) is 11.6 Å². The Morgan fingerprint density at radius 1 is 1.26 bits per heavy atom. The van der Waals surface area contributed by atoms with Gasteiger partial charge in [-0.05, 0) is 37.5 Å². The summed E-state index contributed by atoms with van der Waals surface area (Å²) >= 11 is 6.04. The summed E-state index contributed by atoms with van der Waals surface area (Å²) in [5.41, 5.74) is 0.200. The van der Waals surface area contributed by atoms with Crippen LogP contribution in [0.4, 0.5) is 0 Å². The molecule has 0 aliphatic carbocycles. The van der Waals surface area contributed by atoms with Gasteiger partial charge in [-0.15, -0.1) is 0 Å². The molecule has 1 aromatic rings. The van der Waals surface area contributed by atoms with Crippen LogP contribution in [0.5, 0.6) is 0 Å². The predicted octanol–water partition coefficient (Wildman–Crippen LogP) is 1.13. The van der Waals surface area contributed by atoms with Crippen molar-refractivity contribution in [1.82, 2.24) is 13.9 Å². The minimum absolute atomic E-state index is 0.0363. The van der Waals surface area contributed by atoms with E-state index in [1.807, 2.05) is 0 Å². The van der Waals surface area contributed by atoms with Gasteiger partial charge in [0.2, 0.25) is 20.0 Å². The fraction of sp³-hybridized carbons (Fsp3) is 0.562. The Morgan fingerprint density at radius 2 is 1.93 bits per heavy atom. The van der Waals surface area contributed by atoms with E-state index in [2.05, 4.69) is 4.72 Å². The highest BCUT2D eigenvalue weighted by molar-refractivity contribution is 7.89. The summed E-state index contributed by atoms with van der Waals surface area (Å²) in [5.74, 6) is -0.345. The maximum absolute atomic E-state index is 13.0. The van der Waals surface area contributed by atoms with Gasteiger partial charge in [0, 0.05) is 38.8 Å². The van der Waals surface area contributed by atoms with Crippen molar-refractivity contribution in [1.29, 1.82) is 0 Å². The summed E-state index contributed by atoms with van der Waals surface area (Å²) in [4.78, 5) is 14.5. The van der Waals surface area contributed by atoms with Crippen LogP contribution >= 0.6 is 11.6 Å². The van der Waals surface area contributed by atoms with Gasteiger partial charge in [-0.2, -0.15) is 0 Å². The van der Waals surface area contributed by atoms with Gasteiger partial charge in [0.05, 0.1) is 11.3 Å². The van der Waals surface area contributed by atoms with Gasteiger partial charge in [-0.3, -0.25) is 4.79 Å². The van der Waals surface area contributed by atoms with E-state index in [1.54, 1.807) is 4.90 Å². The van der Waals surface area contributed by atoms with Crippen molar-refractivity contribution in [2.45, 2.75) is 30.2 Å². The molecule has 0 aromatic heterocycles. The van der Waals surface area contributed by atoms with Crippen LogP contribution in [0, 0.1) is 0 Å². The van der Waals surface area contributed by atoms with E-state index in [9.17, 15) is 21.6 Å². The lowest BCUT2D eigenvalue weighted by Gasteiger charge is -2.36. The first kappa shape index (κ1) is 22.1. The number of sulfonamides is 2. The smallest absolute Gasteiger partial charge is 0.254 e. The third-order valence-electron chi connectivity index (χ3n) is 4.41. The maximum atomic E-state index is 13.0. The molecular formula is C16H24ClN3O5S2. The largest absolute Gasteiger partial charge is 0.334 e. The number of rotatable bonds is 6. The second-order valence-electron chi connectivity index (χ2n) is 6.70. The highest BCUT2D eigenvalue weighted by Gasteiger charge is 2.29. The fourth-order valence-corrected chi connectivity index (χ4v) is 4.81. The summed E-state index contributed by atoms with van der Waals surface area (Å²) < 4.78 is 51.1. The lowest BCUT2D eigenvalue weighted by molar-refractivity contribution is 0.0618. The molecule has 8 nitrogen and oxygen atoms in total. The van der Waals surface area contributed by atoms with Crippen LogP contribution in [-0.2, 0) is 20.0 Å². The third-order valence-corrected chi connectivity index (χ3v) is 7.39. The van der Waals surface area contributed by atoms with Crippen molar-refractivity contribution in [3.8, 4) is 0 Å². The summed E-state index contributed by atoms with van der Waals surface area (Å²) in [6.07, 6.45) is 3.43. The van der Waals surface area contributed by atoms with Crippen molar-refractivity contribution in [3.05, 3.63) is 28.8 Å². The summed E-state index contributed by atoms with van der Waals surface area (Å²) in [7, 11) is -4.39. The molecule has 1 aliphatic rings. The zero-order valence-electron chi connectivity index (χ0n) is 15.5. The number of benzene rings is 1. The Hall–Kier alpha value is -1.20. The van der Waals surface area contributed by atoms with Crippen molar-refractivity contribution in [2.75, 3.05) is 33.4 Å². The molecule has 1 saturated heterocycles. The van der Waals surface area contributed by atoms with Gasteiger partial charge in [0.1, 0.15) is 4.90 Å². The van der Waals surface area contributed by atoms with E-state index in [1.165, 1.54) is 32.3 Å². The average molecular weight is 438 g/mol. The van der Waals surface area contributed by atoms with E-state index >= 15 is 0 Å². The Balaban J connectivity index is 2.32. The number of piperidine rings is 1. The highest BCUT2D eigenvalue weighted by Crippen LogP contribution is 2.27. The van der Waals surface area contributed by atoms with Crippen LogP contribution in [-0.4, -0.2) is 71.4 Å². The Labute approximate surface area is 165 Å². The second kappa shape index (κ2) is 8.44. The van der Waals surface area contributed by atoms with E-state index in [-0.39, 0.29) is 34.0 Å². The zero-order chi connectivity index (χ0) is 20.4. The zero-order valence-corrected chi connectivity index (χ0v) is 17.9. The molecule has 1 aromatic carbocycles.